The summed E-state index contributed by atoms with van der Waals surface area (Å²) in [7, 11) is 1.37. The van der Waals surface area contributed by atoms with E-state index in [9.17, 15) is 4.79 Å². The van der Waals surface area contributed by atoms with Crippen LogP contribution in [0.3, 0.4) is 0 Å². The summed E-state index contributed by atoms with van der Waals surface area (Å²) in [6.07, 6.45) is 0.222. The second-order valence-electron chi connectivity index (χ2n) is 3.81. The fourth-order valence-electron chi connectivity index (χ4n) is 1.60. The molecule has 1 aromatic rings. The highest BCUT2D eigenvalue weighted by Crippen LogP contribution is 2.17. The van der Waals surface area contributed by atoms with Gasteiger partial charge in [-0.3, -0.25) is 4.79 Å². The summed E-state index contributed by atoms with van der Waals surface area (Å²) in [5, 5.41) is 0. The number of carbonyl (C=O) groups is 1. The molecule has 82 valence electrons. The Morgan fingerprint density at radius 1 is 1.33 bits per heavy atom. The Morgan fingerprint density at radius 3 is 2.33 bits per heavy atom. The number of rotatable bonds is 3. The molecular weight excluding hydrogens is 190 g/mol. The van der Waals surface area contributed by atoms with Crippen molar-refractivity contribution in [1.29, 1.82) is 0 Å². The first-order valence-electron chi connectivity index (χ1n) is 4.93. The molecule has 0 aliphatic heterocycles. The van der Waals surface area contributed by atoms with Crippen molar-refractivity contribution in [1.82, 2.24) is 0 Å². The van der Waals surface area contributed by atoms with Gasteiger partial charge in [-0.25, -0.2) is 0 Å². The van der Waals surface area contributed by atoms with Gasteiger partial charge in [-0.1, -0.05) is 29.3 Å². The Bertz CT molecular complexity index is 340. The first kappa shape index (κ1) is 11.7. The molecule has 0 saturated carbocycles. The van der Waals surface area contributed by atoms with Crippen LogP contribution in [-0.2, 0) is 9.53 Å². The third-order valence-corrected chi connectivity index (χ3v) is 2.29. The molecule has 0 aliphatic rings. The van der Waals surface area contributed by atoms with Crippen LogP contribution in [0.2, 0.25) is 0 Å². The second kappa shape index (κ2) is 4.94. The van der Waals surface area contributed by atoms with Crippen molar-refractivity contribution in [3.8, 4) is 0 Å². The van der Waals surface area contributed by atoms with Gasteiger partial charge < -0.3 is 10.5 Å². The van der Waals surface area contributed by atoms with Gasteiger partial charge in [0, 0.05) is 6.04 Å². The molecule has 0 amide bonds. The molecule has 0 bridgehead atoms. The van der Waals surface area contributed by atoms with E-state index < -0.39 is 0 Å². The monoisotopic (exact) mass is 207 g/mol. The molecule has 1 rings (SSSR count). The average molecular weight is 207 g/mol. The number of ether oxygens (including phenoxy) is 1. The van der Waals surface area contributed by atoms with Gasteiger partial charge in [-0.05, 0) is 19.4 Å². The van der Waals surface area contributed by atoms with Gasteiger partial charge in [0.05, 0.1) is 13.5 Å². The predicted octanol–water partition coefficient (Wildman–Crippen LogP) is 1.87. The highest BCUT2D eigenvalue weighted by Gasteiger charge is 2.12. The smallest absolute Gasteiger partial charge is 0.307 e. The summed E-state index contributed by atoms with van der Waals surface area (Å²) in [4.78, 5) is 11.1. The molecule has 1 atom stereocenters. The van der Waals surface area contributed by atoms with Crippen LogP contribution in [0.15, 0.2) is 18.2 Å². The first-order valence-corrected chi connectivity index (χ1v) is 4.93. The SMILES string of the molecule is COC(=O)C[C@@H](N)c1cc(C)cc(C)c1. The molecule has 0 aromatic heterocycles. The molecule has 2 N–H and O–H groups in total. The number of aryl methyl sites for hydroxylation is 2. The number of esters is 1. The summed E-state index contributed by atoms with van der Waals surface area (Å²) in [5.41, 5.74) is 9.21. The molecule has 0 unspecified atom stereocenters. The van der Waals surface area contributed by atoms with Gasteiger partial charge in [0.15, 0.2) is 0 Å². The standard InChI is InChI=1S/C12H17NO2/c1-8-4-9(2)6-10(5-8)11(13)7-12(14)15-3/h4-6,11H,7,13H2,1-3H3/t11-/m1/s1. The molecule has 3 heteroatoms. The lowest BCUT2D eigenvalue weighted by molar-refractivity contribution is -0.141. The number of methoxy groups -OCH3 is 1. The van der Waals surface area contributed by atoms with Gasteiger partial charge in [-0.15, -0.1) is 0 Å². The van der Waals surface area contributed by atoms with Crippen molar-refractivity contribution in [3.63, 3.8) is 0 Å². The zero-order chi connectivity index (χ0) is 11.4. The van der Waals surface area contributed by atoms with Gasteiger partial charge in [-0.2, -0.15) is 0 Å². The minimum Gasteiger partial charge on any atom is -0.469 e. The Labute approximate surface area is 90.2 Å². The maximum Gasteiger partial charge on any atom is 0.307 e. The normalized spacial score (nSPS) is 12.3. The zero-order valence-electron chi connectivity index (χ0n) is 9.41. The second-order valence-corrected chi connectivity index (χ2v) is 3.81. The van der Waals surface area contributed by atoms with E-state index in [4.69, 9.17) is 5.73 Å². The van der Waals surface area contributed by atoms with Crippen molar-refractivity contribution < 1.29 is 9.53 Å². The number of hydrogen-bond donors (Lipinski definition) is 1. The van der Waals surface area contributed by atoms with E-state index in [1.54, 1.807) is 0 Å². The lowest BCUT2D eigenvalue weighted by Gasteiger charge is -2.12. The number of carbonyl (C=O) groups excluding carboxylic acids is 1. The quantitative estimate of drug-likeness (QED) is 0.770. The first-order chi connectivity index (χ1) is 7.02. The summed E-state index contributed by atoms with van der Waals surface area (Å²) in [6, 6.07) is 5.80. The van der Waals surface area contributed by atoms with E-state index in [0.717, 1.165) is 16.7 Å². The maximum absolute atomic E-state index is 11.1. The van der Waals surface area contributed by atoms with Crippen LogP contribution in [0.1, 0.15) is 29.2 Å². The van der Waals surface area contributed by atoms with E-state index in [0.29, 0.717) is 0 Å². The molecule has 0 heterocycles. The maximum atomic E-state index is 11.1. The third-order valence-electron chi connectivity index (χ3n) is 2.29. The van der Waals surface area contributed by atoms with Crippen LogP contribution in [0, 0.1) is 13.8 Å². The van der Waals surface area contributed by atoms with Crippen LogP contribution in [0.4, 0.5) is 0 Å². The highest BCUT2D eigenvalue weighted by atomic mass is 16.5. The van der Waals surface area contributed by atoms with Crippen LogP contribution in [0.25, 0.3) is 0 Å². The highest BCUT2D eigenvalue weighted by molar-refractivity contribution is 5.70. The molecule has 3 nitrogen and oxygen atoms in total. The predicted molar refractivity (Wildman–Crippen MR) is 59.5 cm³/mol. The van der Waals surface area contributed by atoms with E-state index in [1.807, 2.05) is 26.0 Å². The Morgan fingerprint density at radius 2 is 1.87 bits per heavy atom. The van der Waals surface area contributed by atoms with E-state index >= 15 is 0 Å². The minimum absolute atomic E-state index is 0.222. The van der Waals surface area contributed by atoms with Crippen LogP contribution < -0.4 is 5.73 Å². The zero-order valence-corrected chi connectivity index (χ0v) is 9.41. The number of hydrogen-bond acceptors (Lipinski definition) is 3. The van der Waals surface area contributed by atoms with Gasteiger partial charge in [0.1, 0.15) is 0 Å². The summed E-state index contributed by atoms with van der Waals surface area (Å²) in [6.45, 7) is 4.03. The van der Waals surface area contributed by atoms with Crippen LogP contribution in [-0.4, -0.2) is 13.1 Å². The molecule has 1 aromatic carbocycles. The fourth-order valence-corrected chi connectivity index (χ4v) is 1.60. The van der Waals surface area contributed by atoms with Gasteiger partial charge in [0.2, 0.25) is 0 Å². The lowest BCUT2D eigenvalue weighted by Crippen LogP contribution is -2.16. The van der Waals surface area contributed by atoms with Crippen LogP contribution in [0.5, 0.6) is 0 Å². The van der Waals surface area contributed by atoms with Crippen molar-refractivity contribution in [2.24, 2.45) is 5.73 Å². The van der Waals surface area contributed by atoms with Gasteiger partial charge >= 0.3 is 5.97 Å². The minimum atomic E-state index is -0.281. The molecule has 15 heavy (non-hydrogen) atoms. The molecule has 0 fully saturated rings. The summed E-state index contributed by atoms with van der Waals surface area (Å²) in [5.74, 6) is -0.276. The van der Waals surface area contributed by atoms with Crippen molar-refractivity contribution in [2.45, 2.75) is 26.3 Å². The molecule has 0 saturated heterocycles. The average Bonchev–Trinajstić information content (AvgIpc) is 2.16. The topological polar surface area (TPSA) is 52.3 Å². The fraction of sp³-hybridized carbons (Fsp3) is 0.417. The Kier molecular flexibility index (Phi) is 3.86. The van der Waals surface area contributed by atoms with Crippen molar-refractivity contribution in [2.75, 3.05) is 7.11 Å². The van der Waals surface area contributed by atoms with Crippen molar-refractivity contribution >= 4 is 5.97 Å². The largest absolute Gasteiger partial charge is 0.469 e. The number of nitrogens with two attached hydrogens (primary N) is 1. The Hall–Kier alpha value is -1.35. The molecule has 0 aliphatic carbocycles. The van der Waals surface area contributed by atoms with Crippen LogP contribution >= 0.6 is 0 Å². The van der Waals surface area contributed by atoms with E-state index in [2.05, 4.69) is 10.8 Å². The molecular formula is C12H17NO2. The van der Waals surface area contributed by atoms with Crippen molar-refractivity contribution in [3.05, 3.63) is 34.9 Å². The molecule has 0 spiro atoms. The van der Waals surface area contributed by atoms with E-state index in [1.165, 1.54) is 7.11 Å². The third kappa shape index (κ3) is 3.36. The number of benzene rings is 1. The lowest BCUT2D eigenvalue weighted by atomic mass is 10.00. The van der Waals surface area contributed by atoms with Gasteiger partial charge in [0.25, 0.3) is 0 Å². The summed E-state index contributed by atoms with van der Waals surface area (Å²) < 4.78 is 4.58. The summed E-state index contributed by atoms with van der Waals surface area (Å²) >= 11 is 0. The van der Waals surface area contributed by atoms with E-state index in [-0.39, 0.29) is 18.4 Å². The molecule has 0 radical (unpaired) electrons. The Balaban J connectivity index is 2.81.